The highest BCUT2D eigenvalue weighted by Crippen LogP contribution is 2.24. The highest BCUT2D eigenvalue weighted by molar-refractivity contribution is 9.10. The molecule has 0 spiro atoms. The molecule has 0 atom stereocenters. The number of halogens is 1. The Kier molecular flexibility index (Phi) is 6.25. The predicted molar refractivity (Wildman–Crippen MR) is 109 cm³/mol. The molecule has 2 aromatic carbocycles. The third-order valence-corrected chi connectivity index (χ3v) is 5.08. The summed E-state index contributed by atoms with van der Waals surface area (Å²) >= 11 is 4.91. The third kappa shape index (κ3) is 5.06. The molecular weight excluding hydrogens is 414 g/mol. The second kappa shape index (κ2) is 8.82. The molecule has 5 nitrogen and oxygen atoms in total. The van der Waals surface area contributed by atoms with E-state index in [1.165, 1.54) is 16.9 Å². The van der Waals surface area contributed by atoms with Crippen LogP contribution in [0, 0.1) is 0 Å². The van der Waals surface area contributed by atoms with Gasteiger partial charge in [-0.25, -0.2) is 4.98 Å². The summed E-state index contributed by atoms with van der Waals surface area (Å²) in [6.07, 6.45) is 2.59. The minimum absolute atomic E-state index is 0.141. The number of amides is 1. The maximum atomic E-state index is 12.1. The molecule has 0 saturated heterocycles. The summed E-state index contributed by atoms with van der Waals surface area (Å²) in [6, 6.07) is 15.6. The molecule has 2 N–H and O–H groups in total. The topological polar surface area (TPSA) is 63.2 Å². The van der Waals surface area contributed by atoms with Gasteiger partial charge in [0.15, 0.2) is 5.13 Å². The summed E-state index contributed by atoms with van der Waals surface area (Å²) in [5, 5.41) is 6.49. The first-order chi connectivity index (χ1) is 12.6. The molecule has 26 heavy (non-hydrogen) atoms. The van der Waals surface area contributed by atoms with Crippen LogP contribution >= 0.6 is 27.3 Å². The molecular formula is C19H18BrN3O2S. The summed E-state index contributed by atoms with van der Waals surface area (Å²) in [5.74, 6) is 0.548. The zero-order valence-corrected chi connectivity index (χ0v) is 16.6. The summed E-state index contributed by atoms with van der Waals surface area (Å²) in [5.41, 5.74) is 1.98. The minimum atomic E-state index is -0.152. The molecule has 0 saturated carbocycles. The fraction of sp³-hybridized carbons (Fsp3) is 0.158. The van der Waals surface area contributed by atoms with Gasteiger partial charge in [0.2, 0.25) is 5.91 Å². The molecule has 0 aliphatic carbocycles. The van der Waals surface area contributed by atoms with Gasteiger partial charge in [-0.05, 0) is 29.8 Å². The van der Waals surface area contributed by atoms with Crippen LogP contribution in [0.1, 0.15) is 10.4 Å². The Morgan fingerprint density at radius 1 is 1.19 bits per heavy atom. The Morgan fingerprint density at radius 3 is 2.73 bits per heavy atom. The SMILES string of the molecule is COc1ccccc1NCC(=O)Nc1ncc(Cc2ccc(Br)cc2)s1. The number of aromatic nitrogens is 1. The van der Waals surface area contributed by atoms with Gasteiger partial charge in [0, 0.05) is 22.0 Å². The molecule has 3 aromatic rings. The number of hydrogen-bond acceptors (Lipinski definition) is 5. The quantitative estimate of drug-likeness (QED) is 0.575. The predicted octanol–water partition coefficient (Wildman–Crippen LogP) is 4.56. The van der Waals surface area contributed by atoms with Crippen molar-refractivity contribution < 1.29 is 9.53 Å². The second-order valence-electron chi connectivity index (χ2n) is 5.54. The van der Waals surface area contributed by atoms with Gasteiger partial charge in [0.25, 0.3) is 0 Å². The Bertz CT molecular complexity index is 881. The van der Waals surface area contributed by atoms with Gasteiger partial charge < -0.3 is 15.4 Å². The van der Waals surface area contributed by atoms with Gasteiger partial charge in [-0.2, -0.15) is 0 Å². The van der Waals surface area contributed by atoms with E-state index in [0.29, 0.717) is 10.9 Å². The average Bonchev–Trinajstić information content (AvgIpc) is 3.09. The number of methoxy groups -OCH3 is 1. The van der Waals surface area contributed by atoms with Crippen molar-refractivity contribution in [2.24, 2.45) is 0 Å². The number of benzene rings is 2. The van der Waals surface area contributed by atoms with Crippen LogP contribution in [-0.4, -0.2) is 24.5 Å². The third-order valence-electron chi connectivity index (χ3n) is 3.64. The summed E-state index contributed by atoms with van der Waals surface area (Å²) in [4.78, 5) is 17.5. The number of ether oxygens (including phenoxy) is 1. The first kappa shape index (κ1) is 18.4. The number of carbonyl (C=O) groups excluding carboxylic acids is 1. The van der Waals surface area contributed by atoms with Crippen LogP contribution in [0.5, 0.6) is 5.75 Å². The van der Waals surface area contributed by atoms with E-state index in [4.69, 9.17) is 4.74 Å². The molecule has 0 aliphatic heterocycles. The van der Waals surface area contributed by atoms with Crippen LogP contribution in [0.25, 0.3) is 0 Å². The van der Waals surface area contributed by atoms with E-state index in [-0.39, 0.29) is 12.5 Å². The lowest BCUT2D eigenvalue weighted by Crippen LogP contribution is -2.21. The molecule has 7 heteroatoms. The fourth-order valence-electron chi connectivity index (χ4n) is 2.38. The van der Waals surface area contributed by atoms with Crippen LogP contribution in [0.2, 0.25) is 0 Å². The molecule has 1 aromatic heterocycles. The van der Waals surface area contributed by atoms with Crippen molar-refractivity contribution in [3.63, 3.8) is 0 Å². The maximum absolute atomic E-state index is 12.1. The number of anilines is 2. The molecule has 0 aliphatic rings. The van der Waals surface area contributed by atoms with Gasteiger partial charge in [-0.3, -0.25) is 4.79 Å². The fourth-order valence-corrected chi connectivity index (χ4v) is 3.51. The van der Waals surface area contributed by atoms with E-state index in [1.54, 1.807) is 13.3 Å². The standard InChI is InChI=1S/C19H18BrN3O2S/c1-25-17-5-3-2-4-16(17)21-12-18(24)23-19-22-11-15(26-19)10-13-6-8-14(20)9-7-13/h2-9,11,21H,10,12H2,1H3,(H,22,23,24). The van der Waals surface area contributed by atoms with E-state index in [1.807, 2.05) is 36.4 Å². The molecule has 3 rings (SSSR count). The number of hydrogen-bond donors (Lipinski definition) is 2. The first-order valence-corrected chi connectivity index (χ1v) is 9.61. The van der Waals surface area contributed by atoms with Crippen molar-refractivity contribution in [2.75, 3.05) is 24.3 Å². The molecule has 134 valence electrons. The minimum Gasteiger partial charge on any atom is -0.495 e. The molecule has 0 fully saturated rings. The van der Waals surface area contributed by atoms with Crippen LogP contribution in [0.3, 0.4) is 0 Å². The Labute approximate surface area is 164 Å². The van der Waals surface area contributed by atoms with Crippen molar-refractivity contribution in [1.82, 2.24) is 4.98 Å². The molecule has 0 radical (unpaired) electrons. The summed E-state index contributed by atoms with van der Waals surface area (Å²) in [7, 11) is 1.60. The van der Waals surface area contributed by atoms with Crippen LogP contribution in [0.4, 0.5) is 10.8 Å². The largest absolute Gasteiger partial charge is 0.495 e. The van der Waals surface area contributed by atoms with Crippen LogP contribution in [-0.2, 0) is 11.2 Å². The van der Waals surface area contributed by atoms with Crippen molar-refractivity contribution >= 4 is 44.0 Å². The van der Waals surface area contributed by atoms with Crippen molar-refractivity contribution in [2.45, 2.75) is 6.42 Å². The van der Waals surface area contributed by atoms with Gasteiger partial charge in [-0.15, -0.1) is 11.3 Å². The van der Waals surface area contributed by atoms with Crippen molar-refractivity contribution in [3.05, 3.63) is 69.6 Å². The number of para-hydroxylation sites is 2. The second-order valence-corrected chi connectivity index (χ2v) is 7.57. The molecule has 0 unspecified atom stereocenters. The summed E-state index contributed by atoms with van der Waals surface area (Å²) in [6.45, 7) is 0.141. The van der Waals surface area contributed by atoms with Gasteiger partial charge in [0.05, 0.1) is 19.3 Å². The lowest BCUT2D eigenvalue weighted by molar-refractivity contribution is -0.114. The number of nitrogens with zero attached hydrogens (tertiary/aromatic N) is 1. The van der Waals surface area contributed by atoms with Gasteiger partial charge >= 0.3 is 0 Å². The first-order valence-electron chi connectivity index (χ1n) is 8.00. The van der Waals surface area contributed by atoms with Crippen LogP contribution < -0.4 is 15.4 Å². The number of thiazole rings is 1. The lowest BCUT2D eigenvalue weighted by Gasteiger charge is -2.10. The van der Waals surface area contributed by atoms with Crippen molar-refractivity contribution in [3.8, 4) is 5.75 Å². The highest BCUT2D eigenvalue weighted by Gasteiger charge is 2.09. The van der Waals surface area contributed by atoms with Gasteiger partial charge in [0.1, 0.15) is 5.75 Å². The normalized spacial score (nSPS) is 10.4. The summed E-state index contributed by atoms with van der Waals surface area (Å²) < 4.78 is 6.31. The maximum Gasteiger partial charge on any atom is 0.245 e. The Hall–Kier alpha value is -2.38. The van der Waals surface area contributed by atoms with E-state index >= 15 is 0 Å². The van der Waals surface area contributed by atoms with Crippen molar-refractivity contribution in [1.29, 1.82) is 0 Å². The van der Waals surface area contributed by atoms with Gasteiger partial charge in [-0.1, -0.05) is 40.2 Å². The number of carbonyl (C=O) groups is 1. The van der Waals surface area contributed by atoms with Crippen LogP contribution in [0.15, 0.2) is 59.2 Å². The Balaban J connectivity index is 1.53. The van der Waals surface area contributed by atoms with E-state index in [2.05, 4.69) is 43.7 Å². The monoisotopic (exact) mass is 431 g/mol. The van der Waals surface area contributed by atoms with E-state index in [0.717, 1.165) is 21.5 Å². The number of rotatable bonds is 7. The average molecular weight is 432 g/mol. The zero-order chi connectivity index (χ0) is 18.4. The molecule has 1 amide bonds. The Morgan fingerprint density at radius 2 is 1.96 bits per heavy atom. The molecule has 0 bridgehead atoms. The zero-order valence-electron chi connectivity index (χ0n) is 14.2. The smallest absolute Gasteiger partial charge is 0.245 e. The molecule has 1 heterocycles. The van der Waals surface area contributed by atoms with E-state index < -0.39 is 0 Å². The lowest BCUT2D eigenvalue weighted by atomic mass is 10.1. The number of nitrogens with one attached hydrogen (secondary N) is 2. The highest BCUT2D eigenvalue weighted by atomic mass is 79.9. The van der Waals surface area contributed by atoms with E-state index in [9.17, 15) is 4.79 Å².